The summed E-state index contributed by atoms with van der Waals surface area (Å²) in [6.45, 7) is 0.598. The predicted molar refractivity (Wildman–Crippen MR) is 97.8 cm³/mol. The highest BCUT2D eigenvalue weighted by Gasteiger charge is 2.26. The Hall–Kier alpha value is -3.48. The molecule has 1 aliphatic heterocycles. The van der Waals surface area contributed by atoms with Crippen LogP contribution in [0.2, 0.25) is 0 Å². The number of hydrogen-bond acceptors (Lipinski definition) is 5. The molecule has 1 aromatic heterocycles. The van der Waals surface area contributed by atoms with Gasteiger partial charge in [-0.05, 0) is 54.4 Å². The number of benzene rings is 2. The summed E-state index contributed by atoms with van der Waals surface area (Å²) in [5, 5.41) is 17.4. The molecule has 0 saturated heterocycles. The molecule has 2 aromatic carbocycles. The van der Waals surface area contributed by atoms with E-state index in [4.69, 9.17) is 10.5 Å². The summed E-state index contributed by atoms with van der Waals surface area (Å²) in [5.41, 5.74) is 9.18. The number of carbonyl (C=O) groups excluding carboxylic acids is 1. The molecule has 132 valence electrons. The molecule has 2 heterocycles. The highest BCUT2D eigenvalue weighted by Crippen LogP contribution is 2.35. The van der Waals surface area contributed by atoms with Crippen LogP contribution in [-0.4, -0.2) is 27.9 Å². The number of amides is 1. The Labute approximate surface area is 150 Å². The van der Waals surface area contributed by atoms with Gasteiger partial charge in [-0.1, -0.05) is 0 Å². The number of anilines is 2. The fourth-order valence-corrected chi connectivity index (χ4v) is 3.19. The Bertz CT molecular complexity index is 993. The van der Waals surface area contributed by atoms with Crippen LogP contribution < -0.4 is 15.8 Å². The lowest BCUT2D eigenvalue weighted by atomic mass is 10.1. The Kier molecular flexibility index (Phi) is 3.76. The zero-order valence-electron chi connectivity index (χ0n) is 14.2. The molecule has 1 amide bonds. The number of rotatable bonds is 3. The van der Waals surface area contributed by atoms with Gasteiger partial charge in [0.1, 0.15) is 28.6 Å². The number of aromatic hydroxyl groups is 1. The normalized spacial score (nSPS) is 12.5. The molecule has 0 atom stereocenters. The first-order valence-corrected chi connectivity index (χ1v) is 8.21. The molecule has 4 rings (SSSR count). The summed E-state index contributed by atoms with van der Waals surface area (Å²) < 4.78 is 7.04. The molecule has 0 saturated carbocycles. The van der Waals surface area contributed by atoms with Crippen molar-refractivity contribution in [3.05, 3.63) is 53.6 Å². The van der Waals surface area contributed by atoms with Gasteiger partial charge in [0.25, 0.3) is 5.91 Å². The van der Waals surface area contributed by atoms with Crippen molar-refractivity contribution in [3.8, 4) is 22.8 Å². The van der Waals surface area contributed by atoms with Crippen LogP contribution in [0.15, 0.2) is 42.5 Å². The number of phenols is 1. The fourth-order valence-electron chi connectivity index (χ4n) is 3.19. The molecule has 0 spiro atoms. The van der Waals surface area contributed by atoms with Crippen molar-refractivity contribution in [1.82, 2.24) is 9.78 Å². The number of ether oxygens (including phenoxy) is 1. The average molecular weight is 350 g/mol. The highest BCUT2D eigenvalue weighted by molar-refractivity contribution is 6.04. The summed E-state index contributed by atoms with van der Waals surface area (Å²) in [6.07, 6.45) is 0.738. The van der Waals surface area contributed by atoms with Gasteiger partial charge in [0.15, 0.2) is 0 Å². The first-order valence-electron chi connectivity index (χ1n) is 8.21. The van der Waals surface area contributed by atoms with E-state index in [0.717, 1.165) is 23.4 Å². The largest absolute Gasteiger partial charge is 0.508 e. The zero-order chi connectivity index (χ0) is 18.3. The second kappa shape index (κ2) is 6.11. The lowest BCUT2D eigenvalue weighted by molar-refractivity contribution is 0.100. The van der Waals surface area contributed by atoms with Crippen molar-refractivity contribution in [2.45, 2.75) is 13.0 Å². The summed E-state index contributed by atoms with van der Waals surface area (Å²) in [4.78, 5) is 12.2. The monoisotopic (exact) mass is 350 g/mol. The number of nitrogens with zero attached hydrogens (tertiary/aromatic N) is 2. The quantitative estimate of drug-likeness (QED) is 0.674. The smallest absolute Gasteiger partial charge is 0.254 e. The van der Waals surface area contributed by atoms with Crippen LogP contribution in [0.5, 0.6) is 11.5 Å². The Morgan fingerprint density at radius 3 is 2.73 bits per heavy atom. The summed E-state index contributed by atoms with van der Waals surface area (Å²) in [5.74, 6) is 0.949. The van der Waals surface area contributed by atoms with Gasteiger partial charge in [-0.2, -0.15) is 5.10 Å². The third-order valence-electron chi connectivity index (χ3n) is 4.50. The number of methoxy groups -OCH3 is 1. The first-order chi connectivity index (χ1) is 12.6. The van der Waals surface area contributed by atoms with Gasteiger partial charge >= 0.3 is 0 Å². The van der Waals surface area contributed by atoms with Gasteiger partial charge in [-0.15, -0.1) is 0 Å². The van der Waals surface area contributed by atoms with Crippen LogP contribution in [0.1, 0.15) is 15.9 Å². The number of nitrogens with one attached hydrogen (secondary N) is 1. The van der Waals surface area contributed by atoms with Gasteiger partial charge in [-0.25, -0.2) is 4.68 Å². The van der Waals surface area contributed by atoms with E-state index < -0.39 is 5.91 Å². The number of nitrogens with two attached hydrogens (primary N) is 1. The van der Waals surface area contributed by atoms with Crippen molar-refractivity contribution in [2.24, 2.45) is 5.73 Å². The van der Waals surface area contributed by atoms with Gasteiger partial charge < -0.3 is 20.9 Å². The van der Waals surface area contributed by atoms with Gasteiger partial charge in [-0.3, -0.25) is 4.79 Å². The molecule has 0 unspecified atom stereocenters. The molecule has 4 N–H and O–H groups in total. The van der Waals surface area contributed by atoms with Gasteiger partial charge in [0.2, 0.25) is 0 Å². The van der Waals surface area contributed by atoms with E-state index in [1.165, 1.54) is 0 Å². The predicted octanol–water partition coefficient (Wildman–Crippen LogP) is 2.66. The highest BCUT2D eigenvalue weighted by atomic mass is 16.5. The van der Waals surface area contributed by atoms with Crippen LogP contribution in [0, 0.1) is 0 Å². The fraction of sp³-hybridized carbons (Fsp3) is 0.158. The van der Waals surface area contributed by atoms with Crippen LogP contribution in [0.4, 0.5) is 11.5 Å². The first kappa shape index (κ1) is 16.0. The van der Waals surface area contributed by atoms with Crippen molar-refractivity contribution in [1.29, 1.82) is 0 Å². The lowest BCUT2D eigenvalue weighted by Crippen LogP contribution is -2.14. The number of hydrogen-bond donors (Lipinski definition) is 3. The van der Waals surface area contributed by atoms with Crippen LogP contribution >= 0.6 is 0 Å². The Morgan fingerprint density at radius 1 is 1.27 bits per heavy atom. The van der Waals surface area contributed by atoms with Crippen molar-refractivity contribution in [2.75, 3.05) is 12.4 Å². The number of aromatic nitrogens is 2. The standard InChI is InChI=1S/C19H18N4O3/c1-26-14-6-7-15-12(10-14)8-9-23-19(21-15)16(18(20)25)17(22-23)11-2-4-13(24)5-3-11/h2-7,10,21,24H,8-9H2,1H3,(H2,20,25). The van der Waals surface area contributed by atoms with E-state index in [9.17, 15) is 9.90 Å². The van der Waals surface area contributed by atoms with Crippen molar-refractivity contribution < 1.29 is 14.6 Å². The zero-order valence-corrected chi connectivity index (χ0v) is 14.2. The molecule has 0 radical (unpaired) electrons. The second-order valence-corrected chi connectivity index (χ2v) is 6.10. The van der Waals surface area contributed by atoms with Crippen molar-refractivity contribution in [3.63, 3.8) is 0 Å². The maximum Gasteiger partial charge on any atom is 0.254 e. The maximum absolute atomic E-state index is 12.2. The van der Waals surface area contributed by atoms with E-state index in [1.54, 1.807) is 36.1 Å². The summed E-state index contributed by atoms with van der Waals surface area (Å²) in [7, 11) is 1.63. The topological polar surface area (TPSA) is 102 Å². The average Bonchev–Trinajstić information content (AvgIpc) is 2.90. The van der Waals surface area contributed by atoms with Crippen LogP contribution in [0.25, 0.3) is 11.3 Å². The molecule has 26 heavy (non-hydrogen) atoms. The van der Waals surface area contributed by atoms with Crippen LogP contribution in [0.3, 0.4) is 0 Å². The van der Waals surface area contributed by atoms with E-state index in [1.807, 2.05) is 18.2 Å². The molecular formula is C19H18N4O3. The van der Waals surface area contributed by atoms with E-state index >= 15 is 0 Å². The molecule has 7 heteroatoms. The van der Waals surface area contributed by atoms with Gasteiger partial charge in [0.05, 0.1) is 7.11 Å². The Balaban J connectivity index is 1.83. The minimum absolute atomic E-state index is 0.149. The number of fused-ring (bicyclic) bond motifs is 2. The number of carbonyl (C=O) groups is 1. The molecular weight excluding hydrogens is 332 g/mol. The van der Waals surface area contributed by atoms with E-state index in [-0.39, 0.29) is 5.75 Å². The van der Waals surface area contributed by atoms with E-state index in [0.29, 0.717) is 29.2 Å². The number of aryl methyl sites for hydroxylation is 2. The summed E-state index contributed by atoms with van der Waals surface area (Å²) in [6, 6.07) is 12.3. The lowest BCUT2D eigenvalue weighted by Gasteiger charge is -2.10. The SMILES string of the molecule is COc1ccc2c(c1)CCn1nc(-c3ccc(O)cc3)c(C(N)=O)c1N2. The number of phenolic OH excluding ortho intramolecular Hbond substituents is 1. The molecule has 0 fully saturated rings. The minimum atomic E-state index is -0.557. The Morgan fingerprint density at radius 2 is 2.04 bits per heavy atom. The molecule has 0 aliphatic carbocycles. The molecule has 0 bridgehead atoms. The minimum Gasteiger partial charge on any atom is -0.508 e. The molecule has 7 nitrogen and oxygen atoms in total. The third kappa shape index (κ3) is 2.63. The maximum atomic E-state index is 12.2. The van der Waals surface area contributed by atoms with Crippen molar-refractivity contribution >= 4 is 17.4 Å². The third-order valence-corrected chi connectivity index (χ3v) is 4.50. The van der Waals surface area contributed by atoms with Crippen LogP contribution in [-0.2, 0) is 13.0 Å². The number of primary amides is 1. The van der Waals surface area contributed by atoms with Gasteiger partial charge in [0, 0.05) is 17.8 Å². The molecule has 3 aromatic rings. The second-order valence-electron chi connectivity index (χ2n) is 6.10. The summed E-state index contributed by atoms with van der Waals surface area (Å²) >= 11 is 0. The van der Waals surface area contributed by atoms with E-state index in [2.05, 4.69) is 10.4 Å². The molecule has 1 aliphatic rings.